The van der Waals surface area contributed by atoms with Gasteiger partial charge in [0.25, 0.3) is 0 Å². The average molecular weight is 350 g/mol. The van der Waals surface area contributed by atoms with Gasteiger partial charge in [-0.2, -0.15) is 4.98 Å². The lowest BCUT2D eigenvalue weighted by atomic mass is 10.2. The highest BCUT2D eigenvalue weighted by Gasteiger charge is 2.29. The minimum atomic E-state index is -0.0949. The van der Waals surface area contributed by atoms with E-state index in [4.69, 9.17) is 4.52 Å². The quantitative estimate of drug-likeness (QED) is 0.891. The van der Waals surface area contributed by atoms with Gasteiger partial charge in [-0.25, -0.2) is 9.78 Å². The molecule has 0 spiro atoms. The van der Waals surface area contributed by atoms with E-state index >= 15 is 0 Å². The number of aromatic nitrogens is 3. The number of urea groups is 1. The lowest BCUT2D eigenvalue weighted by molar-refractivity contribution is 0.205. The molecule has 1 atom stereocenters. The predicted octanol–water partition coefficient (Wildman–Crippen LogP) is 2.39. The predicted molar refractivity (Wildman–Crippen MR) is 91.0 cm³/mol. The first-order chi connectivity index (χ1) is 11.5. The van der Waals surface area contributed by atoms with E-state index < -0.39 is 0 Å². The van der Waals surface area contributed by atoms with Crippen molar-refractivity contribution in [2.24, 2.45) is 0 Å². The first-order valence-electron chi connectivity index (χ1n) is 8.01. The molecule has 1 aliphatic rings. The van der Waals surface area contributed by atoms with Crippen molar-refractivity contribution in [3.8, 4) is 0 Å². The lowest BCUT2D eigenvalue weighted by Gasteiger charge is -2.23. The molecule has 2 aromatic rings. The summed E-state index contributed by atoms with van der Waals surface area (Å²) < 4.78 is 5.24. The molecule has 0 bridgehead atoms. The van der Waals surface area contributed by atoms with E-state index in [1.807, 2.05) is 31.2 Å². The fourth-order valence-electron chi connectivity index (χ4n) is 2.66. The van der Waals surface area contributed by atoms with Crippen molar-refractivity contribution in [3.63, 3.8) is 0 Å². The molecule has 2 aromatic heterocycles. The Bertz CT molecular complexity index is 671. The second kappa shape index (κ2) is 7.27. The van der Waals surface area contributed by atoms with Crippen LogP contribution in [0.3, 0.4) is 0 Å². The fraction of sp³-hybridized carbons (Fsp3) is 0.600. The third-order valence-corrected chi connectivity index (χ3v) is 4.78. The molecule has 9 heteroatoms. The molecule has 3 rings (SSSR count). The van der Waals surface area contributed by atoms with Gasteiger partial charge in [0, 0.05) is 36.6 Å². The molecular weight excluding hydrogens is 328 g/mol. The van der Waals surface area contributed by atoms with Gasteiger partial charge in [-0.3, -0.25) is 10.2 Å². The van der Waals surface area contributed by atoms with Crippen LogP contribution in [0.5, 0.6) is 0 Å². The molecule has 130 valence electrons. The molecule has 1 N–H and O–H groups in total. The van der Waals surface area contributed by atoms with Crippen molar-refractivity contribution in [1.82, 2.24) is 24.9 Å². The highest BCUT2D eigenvalue weighted by molar-refractivity contribution is 7.13. The van der Waals surface area contributed by atoms with Crippen LogP contribution < -0.4 is 5.32 Å². The van der Waals surface area contributed by atoms with Crippen LogP contribution in [-0.2, 0) is 6.54 Å². The molecule has 0 aliphatic carbocycles. The topological polar surface area (TPSA) is 87.4 Å². The Hall–Kier alpha value is -2.00. The second-order valence-corrected chi connectivity index (χ2v) is 7.17. The van der Waals surface area contributed by atoms with E-state index in [1.165, 1.54) is 11.3 Å². The van der Waals surface area contributed by atoms with E-state index in [1.54, 1.807) is 6.20 Å². The number of likely N-dealkylation sites (N-methyl/N-ethyl adjacent to an activating group) is 1. The third-order valence-electron chi connectivity index (χ3n) is 4.09. The largest absolute Gasteiger partial charge is 0.339 e. The summed E-state index contributed by atoms with van der Waals surface area (Å²) in [6, 6.07) is 0.190. The summed E-state index contributed by atoms with van der Waals surface area (Å²) in [6.07, 6.45) is 2.61. The molecule has 24 heavy (non-hydrogen) atoms. The molecule has 0 radical (unpaired) electrons. The van der Waals surface area contributed by atoms with E-state index in [2.05, 4.69) is 25.3 Å². The zero-order chi connectivity index (χ0) is 17.1. The van der Waals surface area contributed by atoms with E-state index in [9.17, 15) is 4.79 Å². The summed E-state index contributed by atoms with van der Waals surface area (Å²) in [4.78, 5) is 24.7. The summed E-state index contributed by atoms with van der Waals surface area (Å²) >= 11 is 1.42. The number of nitrogens with zero attached hydrogens (tertiary/aromatic N) is 5. The molecule has 1 fully saturated rings. The van der Waals surface area contributed by atoms with Gasteiger partial charge in [0.15, 0.2) is 11.0 Å². The van der Waals surface area contributed by atoms with Crippen molar-refractivity contribution in [3.05, 3.63) is 23.3 Å². The van der Waals surface area contributed by atoms with Crippen LogP contribution in [0.4, 0.5) is 9.93 Å². The molecule has 1 saturated heterocycles. The highest BCUT2D eigenvalue weighted by atomic mass is 32.1. The van der Waals surface area contributed by atoms with Crippen molar-refractivity contribution in [2.45, 2.75) is 38.8 Å². The fourth-order valence-corrected chi connectivity index (χ4v) is 3.18. The zero-order valence-corrected chi connectivity index (χ0v) is 14.9. The summed E-state index contributed by atoms with van der Waals surface area (Å²) in [7, 11) is 2.03. The van der Waals surface area contributed by atoms with Crippen LogP contribution in [0.15, 0.2) is 16.1 Å². The number of rotatable bonds is 5. The number of anilines is 1. The Morgan fingerprint density at radius 2 is 2.42 bits per heavy atom. The maximum atomic E-state index is 12.2. The van der Waals surface area contributed by atoms with Crippen molar-refractivity contribution >= 4 is 22.5 Å². The minimum absolute atomic E-state index is 0.0949. The lowest BCUT2D eigenvalue weighted by Crippen LogP contribution is -2.38. The first kappa shape index (κ1) is 16.8. The molecule has 1 unspecified atom stereocenters. The monoisotopic (exact) mass is 350 g/mol. The van der Waals surface area contributed by atoms with Crippen LogP contribution in [0.2, 0.25) is 0 Å². The van der Waals surface area contributed by atoms with Crippen LogP contribution in [-0.4, -0.2) is 57.1 Å². The number of nitrogens with one attached hydrogen (secondary N) is 1. The summed E-state index contributed by atoms with van der Waals surface area (Å²) in [5.74, 6) is 1.58. The van der Waals surface area contributed by atoms with Gasteiger partial charge in [-0.15, -0.1) is 11.3 Å². The Morgan fingerprint density at radius 1 is 1.58 bits per heavy atom. The Labute approximate surface area is 144 Å². The van der Waals surface area contributed by atoms with Crippen LogP contribution in [0.1, 0.15) is 37.9 Å². The number of hydrogen-bond donors (Lipinski definition) is 1. The SMILES string of the molecule is CC(C)c1nc(CN(C)C2CCN(C(=O)Nc3nccs3)C2)no1. The van der Waals surface area contributed by atoms with Crippen molar-refractivity contribution in [1.29, 1.82) is 0 Å². The van der Waals surface area contributed by atoms with Crippen LogP contribution >= 0.6 is 11.3 Å². The van der Waals surface area contributed by atoms with Gasteiger partial charge in [0.1, 0.15) is 0 Å². The Balaban J connectivity index is 1.51. The van der Waals surface area contributed by atoms with E-state index in [-0.39, 0.29) is 18.0 Å². The molecule has 2 amide bonds. The summed E-state index contributed by atoms with van der Waals surface area (Å²) in [6.45, 7) is 6.08. The average Bonchev–Trinajstić information content (AvgIpc) is 3.28. The van der Waals surface area contributed by atoms with Crippen molar-refractivity contribution in [2.75, 3.05) is 25.5 Å². The highest BCUT2D eigenvalue weighted by Crippen LogP contribution is 2.19. The molecule has 1 aliphatic heterocycles. The molecule has 3 heterocycles. The normalized spacial score (nSPS) is 17.9. The number of amides is 2. The van der Waals surface area contributed by atoms with Gasteiger partial charge < -0.3 is 9.42 Å². The van der Waals surface area contributed by atoms with Gasteiger partial charge in [0.05, 0.1) is 6.54 Å². The van der Waals surface area contributed by atoms with Crippen LogP contribution in [0, 0.1) is 0 Å². The zero-order valence-electron chi connectivity index (χ0n) is 14.1. The van der Waals surface area contributed by atoms with E-state index in [0.29, 0.717) is 29.9 Å². The third kappa shape index (κ3) is 3.90. The molecule has 0 saturated carbocycles. The van der Waals surface area contributed by atoms with Gasteiger partial charge >= 0.3 is 6.03 Å². The van der Waals surface area contributed by atoms with Gasteiger partial charge in [0.2, 0.25) is 5.89 Å². The van der Waals surface area contributed by atoms with Gasteiger partial charge in [-0.05, 0) is 13.5 Å². The van der Waals surface area contributed by atoms with Crippen LogP contribution in [0.25, 0.3) is 0 Å². The van der Waals surface area contributed by atoms with Crippen molar-refractivity contribution < 1.29 is 9.32 Å². The first-order valence-corrected chi connectivity index (χ1v) is 8.89. The second-order valence-electron chi connectivity index (χ2n) is 6.27. The van der Waals surface area contributed by atoms with E-state index in [0.717, 1.165) is 13.0 Å². The number of hydrogen-bond acceptors (Lipinski definition) is 7. The number of carbonyl (C=O) groups excluding carboxylic acids is 1. The smallest absolute Gasteiger partial charge is 0.323 e. The number of thiazole rings is 1. The maximum Gasteiger partial charge on any atom is 0.323 e. The summed E-state index contributed by atoms with van der Waals surface area (Å²) in [5, 5.41) is 9.32. The Morgan fingerprint density at radius 3 is 3.08 bits per heavy atom. The standard InChI is InChI=1S/C15H22N6O2S/c1-10(2)13-17-12(19-23-13)9-20(3)11-4-6-21(8-11)15(22)18-14-16-5-7-24-14/h5,7,10-11H,4,6,8-9H2,1-3H3,(H,16,18,22). The number of carbonyl (C=O) groups is 1. The maximum absolute atomic E-state index is 12.2. The Kier molecular flexibility index (Phi) is 5.10. The minimum Gasteiger partial charge on any atom is -0.339 e. The molecule has 8 nitrogen and oxygen atoms in total. The van der Waals surface area contributed by atoms with Gasteiger partial charge in [-0.1, -0.05) is 19.0 Å². The summed E-state index contributed by atoms with van der Waals surface area (Å²) in [5.41, 5.74) is 0. The number of likely N-dealkylation sites (tertiary alicyclic amines) is 1. The molecule has 0 aromatic carbocycles. The molecular formula is C15H22N6O2S.